The Morgan fingerprint density at radius 3 is 2.22 bits per heavy atom. The van der Waals surface area contributed by atoms with Gasteiger partial charge in [-0.25, -0.2) is 0 Å². The molecule has 0 unspecified atom stereocenters. The minimum Gasteiger partial charge on any atom is -0.354 e. The normalized spacial score (nSPS) is 14.2. The van der Waals surface area contributed by atoms with Gasteiger partial charge in [-0.2, -0.15) is 0 Å². The molecule has 0 aliphatic heterocycles. The highest BCUT2D eigenvalue weighted by Crippen LogP contribution is 2.22. The summed E-state index contributed by atoms with van der Waals surface area (Å²) in [6, 6.07) is 9.98. The van der Waals surface area contributed by atoms with Crippen molar-refractivity contribution in [3.8, 4) is 0 Å². The maximum absolute atomic E-state index is 11.9. The van der Waals surface area contributed by atoms with E-state index in [-0.39, 0.29) is 17.4 Å². The summed E-state index contributed by atoms with van der Waals surface area (Å²) < 4.78 is 0. The number of nitrogens with one attached hydrogen (secondary N) is 1. The smallest absolute Gasteiger partial charge is 0.265 e. The molecule has 1 rings (SSSR count). The van der Waals surface area contributed by atoms with Crippen molar-refractivity contribution in [2.75, 3.05) is 7.05 Å². The largest absolute Gasteiger partial charge is 0.354 e. The third-order valence-electron chi connectivity index (χ3n) is 2.76. The molecule has 1 atom stereocenters. The molecule has 1 aromatic rings. The van der Waals surface area contributed by atoms with E-state index < -0.39 is 0 Å². The van der Waals surface area contributed by atoms with Gasteiger partial charge < -0.3 is 5.32 Å². The van der Waals surface area contributed by atoms with Crippen molar-refractivity contribution >= 4 is 11.6 Å². The van der Waals surface area contributed by atoms with Crippen molar-refractivity contribution < 1.29 is 4.79 Å². The summed E-state index contributed by atoms with van der Waals surface area (Å²) >= 11 is 0. The third kappa shape index (κ3) is 3.69. The van der Waals surface area contributed by atoms with Crippen LogP contribution in [0.25, 0.3) is 0 Å². The van der Waals surface area contributed by atoms with Gasteiger partial charge in [0.1, 0.15) is 5.71 Å². The van der Waals surface area contributed by atoms with Crippen LogP contribution in [0.4, 0.5) is 0 Å². The molecular formula is C15H22N2O. The highest BCUT2D eigenvalue weighted by atomic mass is 16.1. The second-order valence-electron chi connectivity index (χ2n) is 5.39. The van der Waals surface area contributed by atoms with E-state index in [1.165, 1.54) is 0 Å². The molecule has 0 heterocycles. The van der Waals surface area contributed by atoms with Crippen LogP contribution >= 0.6 is 0 Å². The van der Waals surface area contributed by atoms with Crippen LogP contribution < -0.4 is 5.32 Å². The SMILES string of the molecule is CNC(=O)/C(=N\[C@H](C)c1ccccc1)C(C)(C)C. The van der Waals surface area contributed by atoms with Crippen LogP contribution in [0.15, 0.2) is 35.3 Å². The van der Waals surface area contributed by atoms with E-state index in [4.69, 9.17) is 0 Å². The van der Waals surface area contributed by atoms with Crippen LogP contribution in [0.3, 0.4) is 0 Å². The van der Waals surface area contributed by atoms with Gasteiger partial charge in [-0.3, -0.25) is 9.79 Å². The first-order chi connectivity index (χ1) is 8.36. The van der Waals surface area contributed by atoms with Crippen LogP contribution in [0, 0.1) is 5.41 Å². The number of amides is 1. The van der Waals surface area contributed by atoms with E-state index in [9.17, 15) is 4.79 Å². The summed E-state index contributed by atoms with van der Waals surface area (Å²) in [6.45, 7) is 8.00. The van der Waals surface area contributed by atoms with Crippen molar-refractivity contribution in [3.05, 3.63) is 35.9 Å². The summed E-state index contributed by atoms with van der Waals surface area (Å²) in [5, 5.41) is 2.66. The van der Waals surface area contributed by atoms with Crippen molar-refractivity contribution in [2.45, 2.75) is 33.7 Å². The molecule has 0 radical (unpaired) electrons. The van der Waals surface area contributed by atoms with Crippen molar-refractivity contribution in [1.29, 1.82) is 0 Å². The van der Waals surface area contributed by atoms with E-state index in [1.54, 1.807) is 7.05 Å². The predicted molar refractivity (Wildman–Crippen MR) is 75.8 cm³/mol. The molecule has 3 heteroatoms. The van der Waals surface area contributed by atoms with E-state index in [0.717, 1.165) is 5.56 Å². The molecule has 0 saturated carbocycles. The van der Waals surface area contributed by atoms with E-state index in [2.05, 4.69) is 10.3 Å². The van der Waals surface area contributed by atoms with Gasteiger partial charge in [-0.1, -0.05) is 51.1 Å². The number of aliphatic imine (C=N–C) groups is 1. The van der Waals surface area contributed by atoms with Crippen LogP contribution in [-0.2, 0) is 4.79 Å². The van der Waals surface area contributed by atoms with Crippen LogP contribution in [0.2, 0.25) is 0 Å². The van der Waals surface area contributed by atoms with Crippen molar-refractivity contribution in [2.24, 2.45) is 10.4 Å². The van der Waals surface area contributed by atoms with Gasteiger partial charge in [-0.15, -0.1) is 0 Å². The first-order valence-corrected chi connectivity index (χ1v) is 6.21. The number of nitrogens with zero attached hydrogens (tertiary/aromatic N) is 1. The highest BCUT2D eigenvalue weighted by molar-refractivity contribution is 6.40. The van der Waals surface area contributed by atoms with Gasteiger partial charge in [-0.05, 0) is 12.5 Å². The van der Waals surface area contributed by atoms with Gasteiger partial charge in [0.2, 0.25) is 0 Å². The fourth-order valence-electron chi connectivity index (χ4n) is 1.71. The molecule has 0 saturated heterocycles. The Morgan fingerprint density at radius 1 is 1.22 bits per heavy atom. The number of hydrogen-bond acceptors (Lipinski definition) is 2. The van der Waals surface area contributed by atoms with Crippen LogP contribution in [0.5, 0.6) is 0 Å². The van der Waals surface area contributed by atoms with Gasteiger partial charge in [0, 0.05) is 12.5 Å². The molecule has 1 amide bonds. The Bertz CT molecular complexity index is 430. The first-order valence-electron chi connectivity index (χ1n) is 6.21. The van der Waals surface area contributed by atoms with E-state index in [0.29, 0.717) is 5.71 Å². The second kappa shape index (κ2) is 5.80. The lowest BCUT2D eigenvalue weighted by Crippen LogP contribution is -2.37. The number of benzene rings is 1. The molecule has 1 N–H and O–H groups in total. The number of rotatable bonds is 3. The van der Waals surface area contributed by atoms with Gasteiger partial charge >= 0.3 is 0 Å². The van der Waals surface area contributed by atoms with Gasteiger partial charge in [0.25, 0.3) is 5.91 Å². The average molecular weight is 246 g/mol. The molecular weight excluding hydrogens is 224 g/mol. The maximum atomic E-state index is 11.9. The molecule has 1 aromatic carbocycles. The highest BCUT2D eigenvalue weighted by Gasteiger charge is 2.25. The van der Waals surface area contributed by atoms with Crippen molar-refractivity contribution in [3.63, 3.8) is 0 Å². The molecule has 0 aliphatic carbocycles. The molecule has 0 aromatic heterocycles. The lowest BCUT2D eigenvalue weighted by molar-refractivity contribution is -0.114. The lowest BCUT2D eigenvalue weighted by atomic mass is 9.89. The molecule has 0 aliphatic rings. The lowest BCUT2D eigenvalue weighted by Gasteiger charge is -2.22. The summed E-state index contributed by atoms with van der Waals surface area (Å²) in [4.78, 5) is 16.5. The predicted octanol–water partition coefficient (Wildman–Crippen LogP) is 2.98. The molecule has 18 heavy (non-hydrogen) atoms. The topological polar surface area (TPSA) is 41.5 Å². The molecule has 0 bridgehead atoms. The standard InChI is InChI=1S/C15H22N2O/c1-11(12-9-7-6-8-10-12)17-13(14(18)16-5)15(2,3)4/h6-11H,1-5H3,(H,16,18)/b17-13+/t11-/m1/s1. The third-order valence-corrected chi connectivity index (χ3v) is 2.76. The fraction of sp³-hybridized carbons (Fsp3) is 0.467. The zero-order valence-corrected chi connectivity index (χ0v) is 11.8. The fourth-order valence-corrected chi connectivity index (χ4v) is 1.71. The van der Waals surface area contributed by atoms with E-state index >= 15 is 0 Å². The number of carbonyl (C=O) groups excluding carboxylic acids is 1. The van der Waals surface area contributed by atoms with Crippen molar-refractivity contribution in [1.82, 2.24) is 5.32 Å². The minimum atomic E-state index is -0.261. The molecule has 98 valence electrons. The Balaban J connectivity index is 3.06. The Hall–Kier alpha value is -1.64. The first kappa shape index (κ1) is 14.4. The van der Waals surface area contributed by atoms with Crippen LogP contribution in [-0.4, -0.2) is 18.7 Å². The quantitative estimate of drug-likeness (QED) is 0.818. The van der Waals surface area contributed by atoms with Gasteiger partial charge in [0.05, 0.1) is 6.04 Å². The Labute approximate surface area is 109 Å². The number of hydrogen-bond donors (Lipinski definition) is 1. The summed E-state index contributed by atoms with van der Waals surface area (Å²) in [5.74, 6) is -0.106. The summed E-state index contributed by atoms with van der Waals surface area (Å²) in [5.41, 5.74) is 1.44. The molecule has 3 nitrogen and oxygen atoms in total. The van der Waals surface area contributed by atoms with E-state index in [1.807, 2.05) is 58.0 Å². The minimum absolute atomic E-state index is 0.0160. The summed E-state index contributed by atoms with van der Waals surface area (Å²) in [7, 11) is 1.64. The summed E-state index contributed by atoms with van der Waals surface area (Å²) in [6.07, 6.45) is 0. The second-order valence-corrected chi connectivity index (χ2v) is 5.39. The monoisotopic (exact) mass is 246 g/mol. The Kier molecular flexibility index (Phi) is 4.65. The number of carbonyl (C=O) groups is 1. The Morgan fingerprint density at radius 2 is 1.78 bits per heavy atom. The zero-order valence-electron chi connectivity index (χ0n) is 11.8. The van der Waals surface area contributed by atoms with Gasteiger partial charge in [0.15, 0.2) is 0 Å². The zero-order chi connectivity index (χ0) is 13.8. The van der Waals surface area contributed by atoms with Crippen LogP contribution in [0.1, 0.15) is 39.3 Å². The maximum Gasteiger partial charge on any atom is 0.265 e. The average Bonchev–Trinajstić information content (AvgIpc) is 2.34. The molecule has 0 spiro atoms. The molecule has 0 fully saturated rings.